The molecule has 3 aromatic carbocycles. The third-order valence-corrected chi connectivity index (χ3v) is 8.19. The highest BCUT2D eigenvalue weighted by molar-refractivity contribution is 5.74. The second kappa shape index (κ2) is 11.3. The SMILES string of the molecule is COc1ccc([C@@]23CC[C@H](NC(=O)NCc4ccccc4)C[C@H]2N(Cc2ccccc2)CC3)cc1OC. The Bertz CT molecular complexity index is 1190. The van der Waals surface area contributed by atoms with Crippen molar-refractivity contribution in [3.63, 3.8) is 0 Å². The largest absolute Gasteiger partial charge is 0.493 e. The molecular formula is C31H37N3O3. The van der Waals surface area contributed by atoms with Crippen molar-refractivity contribution in [2.75, 3.05) is 20.8 Å². The van der Waals surface area contributed by atoms with Crippen LogP contribution in [0.1, 0.15) is 42.4 Å². The lowest BCUT2D eigenvalue weighted by molar-refractivity contribution is 0.130. The standard InChI is InChI=1S/C31H37N3O3/c1-36-27-14-13-25(19-28(27)37-2)31-16-15-26(33-30(35)32-21-23-9-5-3-6-10-23)20-29(31)34(18-17-31)22-24-11-7-4-8-12-24/h3-14,19,26,29H,15-18,20-22H2,1-2H3,(H2,32,33,35)/t26-,29+,31-/m0/s1. The van der Waals surface area contributed by atoms with Gasteiger partial charge >= 0.3 is 6.03 Å². The van der Waals surface area contributed by atoms with E-state index >= 15 is 0 Å². The van der Waals surface area contributed by atoms with Gasteiger partial charge in [0.1, 0.15) is 0 Å². The molecule has 3 atom stereocenters. The van der Waals surface area contributed by atoms with Crippen LogP contribution in [-0.2, 0) is 18.5 Å². The smallest absolute Gasteiger partial charge is 0.315 e. The van der Waals surface area contributed by atoms with Crippen molar-refractivity contribution < 1.29 is 14.3 Å². The second-order valence-electron chi connectivity index (χ2n) is 10.2. The van der Waals surface area contributed by atoms with Gasteiger partial charge in [0, 0.05) is 30.6 Å². The molecule has 3 aromatic rings. The van der Waals surface area contributed by atoms with Crippen molar-refractivity contribution in [2.45, 2.75) is 56.3 Å². The van der Waals surface area contributed by atoms with E-state index < -0.39 is 0 Å². The number of urea groups is 1. The Labute approximate surface area is 220 Å². The van der Waals surface area contributed by atoms with Crippen molar-refractivity contribution in [3.05, 3.63) is 95.6 Å². The first kappa shape index (κ1) is 25.2. The van der Waals surface area contributed by atoms with Crippen LogP contribution >= 0.6 is 0 Å². The summed E-state index contributed by atoms with van der Waals surface area (Å²) in [7, 11) is 3.37. The molecule has 0 radical (unpaired) electrons. The van der Waals surface area contributed by atoms with E-state index in [0.717, 1.165) is 55.8 Å². The lowest BCUT2D eigenvalue weighted by atomic mass is 9.65. The molecule has 2 fully saturated rings. The molecule has 37 heavy (non-hydrogen) atoms. The van der Waals surface area contributed by atoms with E-state index in [1.807, 2.05) is 36.4 Å². The van der Waals surface area contributed by atoms with Gasteiger partial charge in [0.15, 0.2) is 11.5 Å². The number of likely N-dealkylation sites (tertiary alicyclic amines) is 1. The summed E-state index contributed by atoms with van der Waals surface area (Å²) in [6, 6.07) is 27.5. The average molecular weight is 500 g/mol. The maximum Gasteiger partial charge on any atom is 0.315 e. The molecule has 6 nitrogen and oxygen atoms in total. The molecule has 194 valence electrons. The second-order valence-corrected chi connectivity index (χ2v) is 10.2. The molecule has 0 spiro atoms. The molecule has 1 heterocycles. The molecule has 2 N–H and O–H groups in total. The summed E-state index contributed by atoms with van der Waals surface area (Å²) in [5, 5.41) is 6.31. The fourth-order valence-corrected chi connectivity index (χ4v) is 6.28. The number of carbonyl (C=O) groups is 1. The Morgan fingerprint density at radius 1 is 0.919 bits per heavy atom. The number of fused-ring (bicyclic) bond motifs is 1. The molecular weight excluding hydrogens is 462 g/mol. The predicted molar refractivity (Wildman–Crippen MR) is 146 cm³/mol. The number of methoxy groups -OCH3 is 2. The Kier molecular flexibility index (Phi) is 7.65. The van der Waals surface area contributed by atoms with Crippen LogP contribution in [-0.4, -0.2) is 43.8 Å². The first-order valence-electron chi connectivity index (χ1n) is 13.2. The van der Waals surface area contributed by atoms with Crippen molar-refractivity contribution in [2.24, 2.45) is 0 Å². The lowest BCUT2D eigenvalue weighted by Crippen LogP contribution is -2.53. The normalized spacial score (nSPS) is 23.2. The van der Waals surface area contributed by atoms with Crippen molar-refractivity contribution in [3.8, 4) is 11.5 Å². The number of nitrogens with one attached hydrogen (secondary N) is 2. The molecule has 1 saturated carbocycles. The van der Waals surface area contributed by atoms with Gasteiger partial charge in [0.2, 0.25) is 0 Å². The highest BCUT2D eigenvalue weighted by Crippen LogP contribution is 2.50. The Balaban J connectivity index is 1.35. The Hall–Kier alpha value is -3.51. The third-order valence-electron chi connectivity index (χ3n) is 8.19. The number of amides is 2. The van der Waals surface area contributed by atoms with Crippen molar-refractivity contribution >= 4 is 6.03 Å². The lowest BCUT2D eigenvalue weighted by Gasteiger charge is -2.45. The van der Waals surface area contributed by atoms with Crippen LogP contribution < -0.4 is 20.1 Å². The minimum absolute atomic E-state index is 0.0209. The van der Waals surface area contributed by atoms with Crippen LogP contribution in [0.4, 0.5) is 4.79 Å². The molecule has 6 heteroatoms. The molecule has 0 aromatic heterocycles. The van der Waals surface area contributed by atoms with Gasteiger partial charge in [-0.1, -0.05) is 66.7 Å². The van der Waals surface area contributed by atoms with E-state index in [1.165, 1.54) is 11.1 Å². The van der Waals surface area contributed by atoms with Crippen LogP contribution in [0.25, 0.3) is 0 Å². The van der Waals surface area contributed by atoms with E-state index in [2.05, 4.69) is 58.0 Å². The number of hydrogen-bond acceptors (Lipinski definition) is 4. The molecule has 1 aliphatic carbocycles. The zero-order valence-corrected chi connectivity index (χ0v) is 21.8. The molecule has 0 unspecified atom stereocenters. The summed E-state index contributed by atoms with van der Waals surface area (Å²) in [5.41, 5.74) is 3.74. The average Bonchev–Trinajstić information content (AvgIpc) is 3.31. The summed E-state index contributed by atoms with van der Waals surface area (Å²) in [6.45, 7) is 2.47. The highest BCUT2D eigenvalue weighted by Gasteiger charge is 2.51. The van der Waals surface area contributed by atoms with E-state index in [1.54, 1.807) is 14.2 Å². The zero-order chi connectivity index (χ0) is 25.7. The third kappa shape index (κ3) is 5.44. The minimum Gasteiger partial charge on any atom is -0.493 e. The van der Waals surface area contributed by atoms with Gasteiger partial charge in [-0.05, 0) is 61.1 Å². The summed E-state index contributed by atoms with van der Waals surface area (Å²) >= 11 is 0. The van der Waals surface area contributed by atoms with Crippen LogP contribution in [0, 0.1) is 0 Å². The number of rotatable bonds is 8. The number of nitrogens with zero attached hydrogens (tertiary/aromatic N) is 1. The molecule has 5 rings (SSSR count). The first-order valence-corrected chi connectivity index (χ1v) is 13.2. The summed E-state index contributed by atoms with van der Waals surface area (Å²) in [5.74, 6) is 1.53. The molecule has 1 saturated heterocycles. The van der Waals surface area contributed by atoms with Crippen LogP contribution in [0.3, 0.4) is 0 Å². The Morgan fingerprint density at radius 2 is 1.62 bits per heavy atom. The predicted octanol–water partition coefficient (Wildman–Crippen LogP) is 5.27. The fourth-order valence-electron chi connectivity index (χ4n) is 6.28. The number of ether oxygens (including phenoxy) is 2. The van der Waals surface area contributed by atoms with Gasteiger partial charge in [-0.3, -0.25) is 4.90 Å². The van der Waals surface area contributed by atoms with Crippen molar-refractivity contribution in [1.82, 2.24) is 15.5 Å². The molecule has 2 amide bonds. The fraction of sp³-hybridized carbons (Fsp3) is 0.387. The van der Waals surface area contributed by atoms with Gasteiger partial charge in [0.05, 0.1) is 14.2 Å². The van der Waals surface area contributed by atoms with E-state index in [0.29, 0.717) is 12.6 Å². The van der Waals surface area contributed by atoms with Gasteiger partial charge < -0.3 is 20.1 Å². The molecule has 0 bridgehead atoms. The van der Waals surface area contributed by atoms with Gasteiger partial charge in [0.25, 0.3) is 0 Å². The summed E-state index contributed by atoms with van der Waals surface area (Å²) < 4.78 is 11.2. The van der Waals surface area contributed by atoms with Crippen LogP contribution in [0.15, 0.2) is 78.9 Å². The maximum atomic E-state index is 12.8. The zero-order valence-electron chi connectivity index (χ0n) is 21.8. The molecule has 2 aliphatic rings. The maximum absolute atomic E-state index is 12.8. The van der Waals surface area contributed by atoms with Crippen LogP contribution in [0.2, 0.25) is 0 Å². The van der Waals surface area contributed by atoms with Gasteiger partial charge in [-0.2, -0.15) is 0 Å². The van der Waals surface area contributed by atoms with E-state index in [9.17, 15) is 4.79 Å². The number of carbonyl (C=O) groups excluding carboxylic acids is 1. The van der Waals surface area contributed by atoms with E-state index in [-0.39, 0.29) is 17.5 Å². The quantitative estimate of drug-likeness (QED) is 0.443. The van der Waals surface area contributed by atoms with E-state index in [4.69, 9.17) is 9.47 Å². The number of benzene rings is 3. The van der Waals surface area contributed by atoms with Crippen LogP contribution in [0.5, 0.6) is 11.5 Å². The first-order chi connectivity index (χ1) is 18.1. The minimum atomic E-state index is -0.0972. The highest BCUT2D eigenvalue weighted by atomic mass is 16.5. The number of hydrogen-bond donors (Lipinski definition) is 2. The topological polar surface area (TPSA) is 62.8 Å². The Morgan fingerprint density at radius 3 is 2.32 bits per heavy atom. The monoisotopic (exact) mass is 499 g/mol. The summed E-state index contributed by atoms with van der Waals surface area (Å²) in [4.78, 5) is 15.4. The van der Waals surface area contributed by atoms with Gasteiger partial charge in [-0.25, -0.2) is 4.79 Å². The molecule has 1 aliphatic heterocycles. The summed E-state index contributed by atoms with van der Waals surface area (Å²) in [6.07, 6.45) is 3.97. The van der Waals surface area contributed by atoms with Crippen molar-refractivity contribution in [1.29, 1.82) is 0 Å². The van der Waals surface area contributed by atoms with Gasteiger partial charge in [-0.15, -0.1) is 0 Å².